The number of nitrogens with zero attached hydrogens (tertiary/aromatic N) is 1. The zero-order valence-corrected chi connectivity index (χ0v) is 8.01. The van der Waals surface area contributed by atoms with Crippen LogP contribution in [0, 0.1) is 0 Å². The molecule has 6 nitrogen and oxygen atoms in total. The van der Waals surface area contributed by atoms with Crippen molar-refractivity contribution >= 4 is 6.16 Å². The molecule has 1 aliphatic rings. The molecule has 2 rings (SSSR count). The van der Waals surface area contributed by atoms with Crippen molar-refractivity contribution in [2.75, 3.05) is 13.2 Å². The Labute approximate surface area is 85.8 Å². The summed E-state index contributed by atoms with van der Waals surface area (Å²) in [6.07, 6.45) is 1.50. The van der Waals surface area contributed by atoms with Gasteiger partial charge in [-0.2, -0.15) is 4.98 Å². The zero-order valence-electron chi connectivity index (χ0n) is 8.01. The third-order valence-corrected chi connectivity index (χ3v) is 2.26. The van der Waals surface area contributed by atoms with Gasteiger partial charge in [0.15, 0.2) is 6.26 Å². The molecule has 1 N–H and O–H groups in total. The highest BCUT2D eigenvalue weighted by Gasteiger charge is 2.21. The summed E-state index contributed by atoms with van der Waals surface area (Å²) in [5.41, 5.74) is 0. The van der Waals surface area contributed by atoms with Gasteiger partial charge in [-0.1, -0.05) is 0 Å². The molecule has 2 heterocycles. The second-order valence-corrected chi connectivity index (χ2v) is 3.28. The molecule has 0 bridgehead atoms. The molecule has 1 fully saturated rings. The van der Waals surface area contributed by atoms with Gasteiger partial charge in [0, 0.05) is 19.1 Å². The predicted molar refractivity (Wildman–Crippen MR) is 47.9 cm³/mol. The van der Waals surface area contributed by atoms with Crippen molar-refractivity contribution in [2.45, 2.75) is 18.8 Å². The predicted octanol–water partition coefficient (Wildman–Crippen LogP) is 1.63. The van der Waals surface area contributed by atoms with Gasteiger partial charge in [0.2, 0.25) is 5.89 Å². The summed E-state index contributed by atoms with van der Waals surface area (Å²) >= 11 is 0. The topological polar surface area (TPSA) is 81.8 Å². The van der Waals surface area contributed by atoms with Crippen molar-refractivity contribution in [1.29, 1.82) is 0 Å². The van der Waals surface area contributed by atoms with Crippen LogP contribution in [0.1, 0.15) is 24.7 Å². The minimum Gasteiger partial charge on any atom is -0.449 e. The summed E-state index contributed by atoms with van der Waals surface area (Å²) in [4.78, 5) is 14.2. The van der Waals surface area contributed by atoms with Gasteiger partial charge >= 0.3 is 6.16 Å². The first-order valence-corrected chi connectivity index (χ1v) is 4.69. The van der Waals surface area contributed by atoms with E-state index < -0.39 is 6.16 Å². The van der Waals surface area contributed by atoms with Crippen molar-refractivity contribution in [3.8, 4) is 5.88 Å². The maximum absolute atomic E-state index is 10.2. The number of aromatic nitrogens is 1. The van der Waals surface area contributed by atoms with Crippen LogP contribution >= 0.6 is 0 Å². The van der Waals surface area contributed by atoms with Crippen LogP contribution in [0.15, 0.2) is 10.7 Å². The first-order valence-electron chi connectivity index (χ1n) is 4.69. The molecule has 1 aliphatic heterocycles. The third kappa shape index (κ3) is 2.47. The normalized spacial score (nSPS) is 17.6. The Morgan fingerprint density at radius 1 is 1.53 bits per heavy atom. The summed E-state index contributed by atoms with van der Waals surface area (Å²) < 4.78 is 14.7. The first kappa shape index (κ1) is 9.97. The second kappa shape index (κ2) is 4.31. The lowest BCUT2D eigenvalue weighted by Crippen LogP contribution is -2.14. The number of carbonyl (C=O) groups is 1. The monoisotopic (exact) mass is 213 g/mol. The van der Waals surface area contributed by atoms with E-state index in [1.165, 1.54) is 6.26 Å². The average molecular weight is 213 g/mol. The highest BCUT2D eigenvalue weighted by atomic mass is 16.7. The molecular formula is C9H11NO5. The molecule has 0 radical (unpaired) electrons. The van der Waals surface area contributed by atoms with Crippen LogP contribution in [0.5, 0.6) is 5.88 Å². The Morgan fingerprint density at radius 3 is 2.93 bits per heavy atom. The maximum Gasteiger partial charge on any atom is 0.512 e. The minimum absolute atomic E-state index is 0.0102. The summed E-state index contributed by atoms with van der Waals surface area (Å²) in [5.74, 6) is 0.712. The van der Waals surface area contributed by atoms with E-state index in [0.29, 0.717) is 19.1 Å². The zero-order chi connectivity index (χ0) is 10.7. The van der Waals surface area contributed by atoms with Crippen molar-refractivity contribution < 1.29 is 23.8 Å². The van der Waals surface area contributed by atoms with Crippen LogP contribution in [0.2, 0.25) is 0 Å². The van der Waals surface area contributed by atoms with Crippen molar-refractivity contribution in [1.82, 2.24) is 4.98 Å². The number of rotatable bonds is 2. The van der Waals surface area contributed by atoms with Crippen LogP contribution in [0.4, 0.5) is 4.79 Å². The number of hydrogen-bond donors (Lipinski definition) is 1. The lowest BCUT2D eigenvalue weighted by molar-refractivity contribution is 0.0794. The van der Waals surface area contributed by atoms with E-state index in [9.17, 15) is 4.79 Å². The number of carboxylic acid groups (broad SMARTS) is 1. The largest absolute Gasteiger partial charge is 0.512 e. The van der Waals surface area contributed by atoms with Crippen LogP contribution in [-0.2, 0) is 4.74 Å². The van der Waals surface area contributed by atoms with Gasteiger partial charge in [-0.05, 0) is 12.8 Å². The lowest BCUT2D eigenvalue weighted by Gasteiger charge is -2.18. The molecular weight excluding hydrogens is 202 g/mol. The number of ether oxygens (including phenoxy) is 2. The molecule has 1 aromatic heterocycles. The molecule has 0 spiro atoms. The molecule has 82 valence electrons. The van der Waals surface area contributed by atoms with Gasteiger partial charge in [0.25, 0.3) is 5.88 Å². The van der Waals surface area contributed by atoms with E-state index >= 15 is 0 Å². The number of oxazole rings is 1. The Kier molecular flexibility index (Phi) is 2.86. The summed E-state index contributed by atoms with van der Waals surface area (Å²) in [6.45, 7) is 1.37. The fourth-order valence-corrected chi connectivity index (χ4v) is 1.54. The molecule has 0 saturated carbocycles. The summed E-state index contributed by atoms with van der Waals surface area (Å²) in [7, 11) is 0. The maximum atomic E-state index is 10.2. The van der Waals surface area contributed by atoms with Gasteiger partial charge in [0.1, 0.15) is 0 Å². The van der Waals surface area contributed by atoms with E-state index in [1.54, 1.807) is 0 Å². The fourth-order valence-electron chi connectivity index (χ4n) is 1.54. The van der Waals surface area contributed by atoms with Crippen LogP contribution in [-0.4, -0.2) is 29.5 Å². The van der Waals surface area contributed by atoms with Crippen molar-refractivity contribution in [3.63, 3.8) is 0 Å². The van der Waals surface area contributed by atoms with E-state index in [2.05, 4.69) is 9.72 Å². The molecule has 0 amide bonds. The second-order valence-electron chi connectivity index (χ2n) is 3.28. The molecule has 0 aliphatic carbocycles. The molecule has 1 aromatic rings. The highest BCUT2D eigenvalue weighted by Crippen LogP contribution is 2.27. The van der Waals surface area contributed by atoms with Crippen molar-refractivity contribution in [2.24, 2.45) is 0 Å². The fraction of sp³-hybridized carbons (Fsp3) is 0.556. The van der Waals surface area contributed by atoms with E-state index in [1.807, 2.05) is 0 Å². The van der Waals surface area contributed by atoms with E-state index in [4.69, 9.17) is 14.3 Å². The first-order chi connectivity index (χ1) is 7.25. The summed E-state index contributed by atoms with van der Waals surface area (Å²) in [6, 6.07) is 0. The van der Waals surface area contributed by atoms with E-state index in [-0.39, 0.29) is 11.8 Å². The third-order valence-electron chi connectivity index (χ3n) is 2.26. The Hall–Kier alpha value is -1.56. The molecule has 0 atom stereocenters. The number of hydrogen-bond acceptors (Lipinski definition) is 5. The molecule has 6 heteroatoms. The Bertz CT molecular complexity index is 342. The Balaban J connectivity index is 2.02. The van der Waals surface area contributed by atoms with Gasteiger partial charge in [0.05, 0.1) is 0 Å². The van der Waals surface area contributed by atoms with Crippen LogP contribution < -0.4 is 4.74 Å². The van der Waals surface area contributed by atoms with Crippen molar-refractivity contribution in [3.05, 3.63) is 12.2 Å². The van der Waals surface area contributed by atoms with Gasteiger partial charge in [-0.15, -0.1) is 0 Å². The van der Waals surface area contributed by atoms with Gasteiger partial charge in [-0.25, -0.2) is 4.79 Å². The SMILES string of the molecule is O=C(O)Oc1coc(C2CCOCC2)n1. The van der Waals surface area contributed by atoms with Crippen LogP contribution in [0.3, 0.4) is 0 Å². The highest BCUT2D eigenvalue weighted by molar-refractivity contribution is 5.60. The molecule has 0 aromatic carbocycles. The van der Waals surface area contributed by atoms with Crippen LogP contribution in [0.25, 0.3) is 0 Å². The smallest absolute Gasteiger partial charge is 0.449 e. The average Bonchev–Trinajstić information content (AvgIpc) is 2.67. The Morgan fingerprint density at radius 2 is 2.27 bits per heavy atom. The molecule has 0 unspecified atom stereocenters. The quantitative estimate of drug-likeness (QED) is 0.752. The summed E-state index contributed by atoms with van der Waals surface area (Å²) in [5, 5.41) is 8.36. The van der Waals surface area contributed by atoms with E-state index in [0.717, 1.165) is 12.8 Å². The standard InChI is InChI=1S/C9H11NO5/c11-9(12)15-7-5-14-8(10-7)6-1-3-13-4-2-6/h5-6H,1-4H2,(H,11,12). The molecule has 15 heavy (non-hydrogen) atoms. The van der Waals surface area contributed by atoms with Gasteiger partial charge in [-0.3, -0.25) is 0 Å². The lowest BCUT2D eigenvalue weighted by atomic mass is 10.0. The molecule has 1 saturated heterocycles. The minimum atomic E-state index is -1.39. The van der Waals surface area contributed by atoms with Gasteiger partial charge < -0.3 is 19.0 Å².